The maximum Gasteiger partial charge on any atom is 0.417 e. The van der Waals surface area contributed by atoms with Gasteiger partial charge in [0.15, 0.2) is 5.58 Å². The summed E-state index contributed by atoms with van der Waals surface area (Å²) in [4.78, 5) is 24.2. The number of aromatic amines is 1. The van der Waals surface area contributed by atoms with Crippen molar-refractivity contribution in [1.29, 1.82) is 0 Å². The quantitative estimate of drug-likeness (QED) is 0.666. The van der Waals surface area contributed by atoms with Crippen molar-refractivity contribution in [2.75, 3.05) is 6.61 Å². The number of hydrogen-bond acceptors (Lipinski definition) is 4. The van der Waals surface area contributed by atoms with Gasteiger partial charge in [0.05, 0.1) is 5.52 Å². The molecule has 3 N–H and O–H groups in total. The highest BCUT2D eigenvalue weighted by molar-refractivity contribution is 5.77. The third-order valence-electron chi connectivity index (χ3n) is 2.12. The molecule has 0 bridgehead atoms. The summed E-state index contributed by atoms with van der Waals surface area (Å²) < 4.78 is 4.83. The summed E-state index contributed by atoms with van der Waals surface area (Å²) in [5.74, 6) is -0.952. The van der Waals surface area contributed by atoms with Gasteiger partial charge in [-0.1, -0.05) is 6.07 Å². The topological polar surface area (TPSA) is 95.3 Å². The third-order valence-corrected chi connectivity index (χ3v) is 2.12. The Morgan fingerprint density at radius 1 is 1.50 bits per heavy atom. The van der Waals surface area contributed by atoms with Crippen molar-refractivity contribution < 1.29 is 14.3 Å². The average molecular weight is 222 g/mol. The van der Waals surface area contributed by atoms with E-state index in [1.807, 2.05) is 0 Å². The summed E-state index contributed by atoms with van der Waals surface area (Å²) >= 11 is 0. The molecule has 2 aromatic rings. The van der Waals surface area contributed by atoms with E-state index >= 15 is 0 Å². The number of carbonyl (C=O) groups is 1. The van der Waals surface area contributed by atoms with Gasteiger partial charge in [-0.25, -0.2) is 4.79 Å². The highest BCUT2D eigenvalue weighted by Crippen LogP contribution is 2.11. The van der Waals surface area contributed by atoms with Crippen LogP contribution in [-0.4, -0.2) is 22.6 Å². The van der Waals surface area contributed by atoms with Crippen molar-refractivity contribution in [1.82, 2.24) is 10.3 Å². The van der Waals surface area contributed by atoms with Gasteiger partial charge in [-0.2, -0.15) is 0 Å². The number of oxazole rings is 1. The summed E-state index contributed by atoms with van der Waals surface area (Å²) in [6.07, 6.45) is 0. The van der Waals surface area contributed by atoms with E-state index in [2.05, 4.69) is 10.3 Å². The maximum absolute atomic E-state index is 10.9. The van der Waals surface area contributed by atoms with Crippen molar-refractivity contribution in [2.45, 2.75) is 6.54 Å². The fourth-order valence-electron chi connectivity index (χ4n) is 1.37. The molecule has 0 aliphatic rings. The van der Waals surface area contributed by atoms with E-state index in [0.717, 1.165) is 5.56 Å². The first-order valence-electron chi connectivity index (χ1n) is 4.68. The molecular weight excluding hydrogens is 212 g/mol. The van der Waals surface area contributed by atoms with Crippen LogP contribution in [0.3, 0.4) is 0 Å². The van der Waals surface area contributed by atoms with Crippen LogP contribution in [0.25, 0.3) is 11.1 Å². The van der Waals surface area contributed by atoms with Crippen LogP contribution in [0.4, 0.5) is 0 Å². The maximum atomic E-state index is 10.9. The van der Waals surface area contributed by atoms with Crippen molar-refractivity contribution >= 4 is 17.0 Å². The fourth-order valence-corrected chi connectivity index (χ4v) is 1.37. The molecule has 1 aromatic heterocycles. The molecule has 0 saturated carbocycles. The summed E-state index contributed by atoms with van der Waals surface area (Å²) in [6, 6.07) is 5.09. The molecular formula is C10H10N2O4. The standard InChI is InChI=1S/C10H10N2O4/c13-5-9(14)11-4-6-1-2-8-7(3-6)12-10(15)16-8/h1-3,13H,4-5H2,(H,11,14)(H,12,15). The van der Waals surface area contributed by atoms with E-state index < -0.39 is 18.3 Å². The van der Waals surface area contributed by atoms with Gasteiger partial charge in [0, 0.05) is 6.54 Å². The molecule has 0 atom stereocenters. The van der Waals surface area contributed by atoms with Crippen molar-refractivity contribution in [3.63, 3.8) is 0 Å². The summed E-state index contributed by atoms with van der Waals surface area (Å²) in [7, 11) is 0. The molecule has 1 amide bonds. The van der Waals surface area contributed by atoms with Gasteiger partial charge in [-0.3, -0.25) is 9.78 Å². The molecule has 6 nitrogen and oxygen atoms in total. The molecule has 0 aliphatic carbocycles. The summed E-state index contributed by atoms with van der Waals surface area (Å²) in [5, 5.41) is 11.0. The largest absolute Gasteiger partial charge is 0.417 e. The highest BCUT2D eigenvalue weighted by Gasteiger charge is 2.03. The Labute approximate surface area is 89.9 Å². The van der Waals surface area contributed by atoms with Crippen LogP contribution in [0.5, 0.6) is 0 Å². The highest BCUT2D eigenvalue weighted by atomic mass is 16.4. The Balaban J connectivity index is 2.19. The van der Waals surface area contributed by atoms with Crippen molar-refractivity contribution in [3.05, 3.63) is 34.3 Å². The number of rotatable bonds is 3. The minimum absolute atomic E-state index is 0.294. The number of aliphatic hydroxyl groups excluding tert-OH is 1. The monoisotopic (exact) mass is 222 g/mol. The summed E-state index contributed by atoms with van der Waals surface area (Å²) in [6.45, 7) is -0.243. The van der Waals surface area contributed by atoms with E-state index in [1.165, 1.54) is 0 Å². The lowest BCUT2D eigenvalue weighted by Crippen LogP contribution is -2.25. The first kappa shape index (κ1) is 10.4. The second-order valence-electron chi connectivity index (χ2n) is 3.28. The number of H-pyrrole nitrogens is 1. The van der Waals surface area contributed by atoms with E-state index in [9.17, 15) is 9.59 Å². The van der Waals surface area contributed by atoms with Gasteiger partial charge in [0.2, 0.25) is 5.91 Å². The zero-order chi connectivity index (χ0) is 11.5. The lowest BCUT2D eigenvalue weighted by molar-refractivity contribution is -0.123. The van der Waals surface area contributed by atoms with E-state index in [-0.39, 0.29) is 0 Å². The normalized spacial score (nSPS) is 10.6. The second kappa shape index (κ2) is 4.19. The molecule has 0 radical (unpaired) electrons. The molecule has 84 valence electrons. The zero-order valence-electron chi connectivity index (χ0n) is 8.32. The van der Waals surface area contributed by atoms with Crippen LogP contribution in [0, 0.1) is 0 Å². The molecule has 2 rings (SSSR count). The molecule has 1 heterocycles. The van der Waals surface area contributed by atoms with Gasteiger partial charge in [0.25, 0.3) is 0 Å². The molecule has 0 spiro atoms. The Hall–Kier alpha value is -2.08. The first-order chi connectivity index (χ1) is 7.69. The average Bonchev–Trinajstić information content (AvgIpc) is 2.65. The van der Waals surface area contributed by atoms with Crippen LogP contribution in [0.15, 0.2) is 27.4 Å². The number of hydrogen-bond donors (Lipinski definition) is 3. The van der Waals surface area contributed by atoms with Crippen LogP contribution < -0.4 is 11.1 Å². The smallest absolute Gasteiger partial charge is 0.408 e. The zero-order valence-corrected chi connectivity index (χ0v) is 8.32. The number of aliphatic hydroxyl groups is 1. The number of nitrogens with one attached hydrogen (secondary N) is 2. The lowest BCUT2D eigenvalue weighted by atomic mass is 10.2. The van der Waals surface area contributed by atoms with E-state index in [1.54, 1.807) is 18.2 Å². The molecule has 0 aliphatic heterocycles. The number of carbonyl (C=O) groups excluding carboxylic acids is 1. The Bertz CT molecular complexity index is 569. The van der Waals surface area contributed by atoms with E-state index in [4.69, 9.17) is 9.52 Å². The SMILES string of the molecule is O=C(CO)NCc1ccc2oc(=O)[nH]c2c1. The van der Waals surface area contributed by atoms with E-state index in [0.29, 0.717) is 17.6 Å². The number of benzene rings is 1. The first-order valence-corrected chi connectivity index (χ1v) is 4.68. The summed E-state index contributed by atoms with van der Waals surface area (Å²) in [5.41, 5.74) is 1.87. The predicted octanol–water partition coefficient (Wildman–Crippen LogP) is -0.270. The van der Waals surface area contributed by atoms with Gasteiger partial charge < -0.3 is 14.8 Å². The van der Waals surface area contributed by atoms with Crippen molar-refractivity contribution in [2.24, 2.45) is 0 Å². The van der Waals surface area contributed by atoms with Crippen LogP contribution in [0.1, 0.15) is 5.56 Å². The van der Waals surface area contributed by atoms with Gasteiger partial charge >= 0.3 is 5.76 Å². The molecule has 1 aromatic carbocycles. The lowest BCUT2D eigenvalue weighted by Gasteiger charge is -2.02. The molecule has 16 heavy (non-hydrogen) atoms. The number of fused-ring (bicyclic) bond motifs is 1. The number of amides is 1. The van der Waals surface area contributed by atoms with Crippen LogP contribution in [0.2, 0.25) is 0 Å². The Morgan fingerprint density at radius 3 is 3.06 bits per heavy atom. The molecule has 0 unspecified atom stereocenters. The second-order valence-corrected chi connectivity index (χ2v) is 3.28. The van der Waals surface area contributed by atoms with Gasteiger partial charge in [0.1, 0.15) is 6.61 Å². The third kappa shape index (κ3) is 2.12. The number of aromatic nitrogens is 1. The molecule has 6 heteroatoms. The van der Waals surface area contributed by atoms with Crippen LogP contribution >= 0.6 is 0 Å². The van der Waals surface area contributed by atoms with Crippen LogP contribution in [-0.2, 0) is 11.3 Å². The molecule has 0 fully saturated rings. The Kier molecular flexibility index (Phi) is 2.74. The fraction of sp³-hybridized carbons (Fsp3) is 0.200. The van der Waals surface area contributed by atoms with Crippen molar-refractivity contribution in [3.8, 4) is 0 Å². The Morgan fingerprint density at radius 2 is 2.31 bits per heavy atom. The predicted molar refractivity (Wildman–Crippen MR) is 55.8 cm³/mol. The minimum atomic E-state index is -0.537. The van der Waals surface area contributed by atoms with Gasteiger partial charge in [-0.15, -0.1) is 0 Å². The molecule has 0 saturated heterocycles. The van der Waals surface area contributed by atoms with Gasteiger partial charge in [-0.05, 0) is 17.7 Å². The minimum Gasteiger partial charge on any atom is -0.408 e.